The molecule has 1 unspecified atom stereocenters. The summed E-state index contributed by atoms with van der Waals surface area (Å²) in [5.74, 6) is 0.139. The Labute approximate surface area is 122 Å². The van der Waals surface area contributed by atoms with Crippen molar-refractivity contribution in [2.24, 2.45) is 0 Å². The van der Waals surface area contributed by atoms with Crippen molar-refractivity contribution in [1.29, 1.82) is 0 Å². The highest BCUT2D eigenvalue weighted by Crippen LogP contribution is 2.21. The van der Waals surface area contributed by atoms with Crippen LogP contribution in [-0.4, -0.2) is 73.7 Å². The van der Waals surface area contributed by atoms with Gasteiger partial charge in [-0.25, -0.2) is 0 Å². The van der Waals surface area contributed by atoms with Crippen molar-refractivity contribution in [2.75, 3.05) is 46.4 Å². The Bertz CT molecular complexity index is 327. The smallest absolute Gasteiger partial charge is 0.223 e. The summed E-state index contributed by atoms with van der Waals surface area (Å²) in [5, 5.41) is 3.23. The lowest BCUT2D eigenvalue weighted by Gasteiger charge is -2.39. The molecule has 0 aliphatic carbocycles. The van der Waals surface area contributed by atoms with Gasteiger partial charge in [-0.2, -0.15) is 0 Å². The summed E-state index contributed by atoms with van der Waals surface area (Å²) >= 11 is 0. The van der Waals surface area contributed by atoms with Gasteiger partial charge in [-0.1, -0.05) is 6.92 Å². The molecule has 2 rings (SSSR count). The molecule has 0 radical (unpaired) electrons. The highest BCUT2D eigenvalue weighted by atomic mass is 16.5. The molecule has 0 aromatic heterocycles. The molecule has 0 bridgehead atoms. The van der Waals surface area contributed by atoms with E-state index in [9.17, 15) is 4.79 Å². The Hall–Kier alpha value is -0.650. The number of carbonyl (C=O) groups is 1. The summed E-state index contributed by atoms with van der Waals surface area (Å²) in [7, 11) is 2.14. The van der Waals surface area contributed by atoms with Crippen LogP contribution in [0.2, 0.25) is 0 Å². The zero-order valence-corrected chi connectivity index (χ0v) is 13.2. The number of hydrogen-bond donors (Lipinski definition) is 1. The highest BCUT2D eigenvalue weighted by molar-refractivity contribution is 5.77. The molecule has 20 heavy (non-hydrogen) atoms. The number of morpholine rings is 1. The van der Waals surface area contributed by atoms with Crippen LogP contribution in [0.5, 0.6) is 0 Å². The van der Waals surface area contributed by atoms with Crippen LogP contribution < -0.4 is 5.32 Å². The second kappa shape index (κ2) is 6.87. The molecule has 2 aliphatic rings. The topological polar surface area (TPSA) is 44.8 Å². The molecule has 5 nitrogen and oxygen atoms in total. The number of nitrogens with one attached hydrogen (secondary N) is 1. The van der Waals surface area contributed by atoms with E-state index in [0.29, 0.717) is 6.42 Å². The second-order valence-corrected chi connectivity index (χ2v) is 6.50. The molecule has 1 amide bonds. The molecule has 2 saturated heterocycles. The number of likely N-dealkylation sites (tertiary alicyclic amines) is 1. The van der Waals surface area contributed by atoms with E-state index in [2.05, 4.69) is 36.0 Å². The van der Waals surface area contributed by atoms with Gasteiger partial charge < -0.3 is 15.0 Å². The summed E-state index contributed by atoms with van der Waals surface area (Å²) in [6, 6.07) is 0. The lowest BCUT2D eigenvalue weighted by Crippen LogP contribution is -2.53. The van der Waals surface area contributed by atoms with E-state index in [0.717, 1.165) is 52.2 Å². The first-order valence-corrected chi connectivity index (χ1v) is 7.84. The molecule has 0 aromatic rings. The Kier molecular flexibility index (Phi) is 5.41. The third-order valence-electron chi connectivity index (χ3n) is 4.61. The number of piperidine rings is 1. The Morgan fingerprint density at radius 3 is 2.70 bits per heavy atom. The van der Waals surface area contributed by atoms with Gasteiger partial charge in [0.25, 0.3) is 0 Å². The molecule has 5 heteroatoms. The first-order valence-electron chi connectivity index (χ1n) is 7.84. The highest BCUT2D eigenvalue weighted by Gasteiger charge is 2.31. The fraction of sp³-hybridized carbons (Fsp3) is 0.933. The predicted molar refractivity (Wildman–Crippen MR) is 79.7 cm³/mol. The molecule has 0 saturated carbocycles. The maximum atomic E-state index is 12.2. The predicted octanol–water partition coefficient (Wildman–Crippen LogP) is 0.698. The molecule has 0 spiro atoms. The van der Waals surface area contributed by atoms with Crippen molar-refractivity contribution in [3.63, 3.8) is 0 Å². The van der Waals surface area contributed by atoms with E-state index in [1.165, 1.54) is 0 Å². The van der Waals surface area contributed by atoms with Gasteiger partial charge in [-0.3, -0.25) is 9.69 Å². The van der Waals surface area contributed by atoms with Crippen molar-refractivity contribution < 1.29 is 9.53 Å². The molecule has 0 aromatic carbocycles. The summed E-state index contributed by atoms with van der Waals surface area (Å²) in [6.07, 6.45) is 2.60. The summed E-state index contributed by atoms with van der Waals surface area (Å²) < 4.78 is 5.71. The van der Waals surface area contributed by atoms with Gasteiger partial charge in [0.1, 0.15) is 0 Å². The van der Waals surface area contributed by atoms with Gasteiger partial charge in [0.15, 0.2) is 0 Å². The SMILES string of the molecule is CCN1CCOC(CC(=O)NC2(C)CCN(C)CC2)C1. The normalized spacial score (nSPS) is 28.2. The Morgan fingerprint density at radius 2 is 2.05 bits per heavy atom. The van der Waals surface area contributed by atoms with Gasteiger partial charge in [0.05, 0.1) is 19.1 Å². The summed E-state index contributed by atoms with van der Waals surface area (Å²) in [5.41, 5.74) is -0.0390. The van der Waals surface area contributed by atoms with E-state index < -0.39 is 0 Å². The van der Waals surface area contributed by atoms with Gasteiger partial charge in [-0.15, -0.1) is 0 Å². The fourth-order valence-electron chi connectivity index (χ4n) is 3.02. The Morgan fingerprint density at radius 1 is 1.35 bits per heavy atom. The average molecular weight is 283 g/mol. The number of hydrogen-bond acceptors (Lipinski definition) is 4. The van der Waals surface area contributed by atoms with Crippen molar-refractivity contribution in [2.45, 2.75) is 44.8 Å². The molecule has 1 N–H and O–H groups in total. The molecular weight excluding hydrogens is 254 g/mol. The van der Waals surface area contributed by atoms with Gasteiger partial charge >= 0.3 is 0 Å². The second-order valence-electron chi connectivity index (χ2n) is 6.50. The third kappa shape index (κ3) is 4.43. The van der Waals surface area contributed by atoms with Gasteiger partial charge in [0.2, 0.25) is 5.91 Å². The number of amides is 1. The summed E-state index contributed by atoms with van der Waals surface area (Å²) in [4.78, 5) is 16.9. The van der Waals surface area contributed by atoms with Crippen LogP contribution in [0.1, 0.15) is 33.1 Å². The molecule has 2 fully saturated rings. The minimum absolute atomic E-state index is 0.0390. The van der Waals surface area contributed by atoms with Crippen molar-refractivity contribution in [1.82, 2.24) is 15.1 Å². The number of rotatable bonds is 4. The molecule has 116 valence electrons. The van der Waals surface area contributed by atoms with Crippen LogP contribution in [0.15, 0.2) is 0 Å². The molecule has 2 aliphatic heterocycles. The number of carbonyl (C=O) groups excluding carboxylic acids is 1. The minimum Gasteiger partial charge on any atom is -0.375 e. The molecular formula is C15H29N3O2. The Balaban J connectivity index is 1.77. The van der Waals surface area contributed by atoms with Crippen LogP contribution in [0, 0.1) is 0 Å². The van der Waals surface area contributed by atoms with Crippen molar-refractivity contribution in [3.05, 3.63) is 0 Å². The zero-order valence-electron chi connectivity index (χ0n) is 13.2. The molecule has 2 heterocycles. The van der Waals surface area contributed by atoms with Crippen molar-refractivity contribution in [3.8, 4) is 0 Å². The van der Waals surface area contributed by atoms with E-state index in [-0.39, 0.29) is 17.6 Å². The monoisotopic (exact) mass is 283 g/mol. The third-order valence-corrected chi connectivity index (χ3v) is 4.61. The fourth-order valence-corrected chi connectivity index (χ4v) is 3.02. The number of ether oxygens (including phenoxy) is 1. The minimum atomic E-state index is -0.0390. The number of nitrogens with zero attached hydrogens (tertiary/aromatic N) is 2. The van der Waals surface area contributed by atoms with Crippen LogP contribution in [0.3, 0.4) is 0 Å². The van der Waals surface area contributed by atoms with Crippen LogP contribution in [-0.2, 0) is 9.53 Å². The van der Waals surface area contributed by atoms with Crippen molar-refractivity contribution >= 4 is 5.91 Å². The molecule has 1 atom stereocenters. The maximum Gasteiger partial charge on any atom is 0.223 e. The van der Waals surface area contributed by atoms with Crippen LogP contribution in [0.25, 0.3) is 0 Å². The largest absolute Gasteiger partial charge is 0.375 e. The van der Waals surface area contributed by atoms with E-state index in [1.807, 2.05) is 0 Å². The van der Waals surface area contributed by atoms with Crippen LogP contribution in [0.4, 0.5) is 0 Å². The first-order chi connectivity index (χ1) is 9.50. The maximum absolute atomic E-state index is 12.2. The van der Waals surface area contributed by atoms with Gasteiger partial charge in [-0.05, 0) is 33.4 Å². The van der Waals surface area contributed by atoms with E-state index in [4.69, 9.17) is 4.74 Å². The quantitative estimate of drug-likeness (QED) is 0.825. The van der Waals surface area contributed by atoms with Gasteiger partial charge in [0, 0.05) is 31.7 Å². The van der Waals surface area contributed by atoms with E-state index >= 15 is 0 Å². The lowest BCUT2D eigenvalue weighted by molar-refractivity contribution is -0.128. The first kappa shape index (κ1) is 15.7. The summed E-state index contributed by atoms with van der Waals surface area (Å²) in [6.45, 7) is 10.1. The number of likely N-dealkylation sites (N-methyl/N-ethyl adjacent to an activating group) is 1. The zero-order chi connectivity index (χ0) is 14.6. The lowest BCUT2D eigenvalue weighted by atomic mass is 9.89. The van der Waals surface area contributed by atoms with E-state index in [1.54, 1.807) is 0 Å². The average Bonchev–Trinajstić information content (AvgIpc) is 2.42. The standard InChI is InChI=1S/C15H29N3O2/c1-4-18-9-10-20-13(12-18)11-14(19)16-15(2)5-7-17(3)8-6-15/h13H,4-12H2,1-3H3,(H,16,19). The van der Waals surface area contributed by atoms with Crippen LogP contribution >= 0.6 is 0 Å².